The largest absolute Gasteiger partial charge is 0.508 e. The first-order valence-electron chi connectivity index (χ1n) is 16.8. The van der Waals surface area contributed by atoms with Gasteiger partial charge < -0.3 is 25.0 Å². The number of rotatable bonds is 11. The Morgan fingerprint density at radius 1 is 0.818 bits per heavy atom. The molecule has 282 valence electrons. The number of aliphatic hydroxyl groups is 1. The molecule has 0 spiro atoms. The Morgan fingerprint density at radius 3 is 2.16 bits per heavy atom. The van der Waals surface area contributed by atoms with Crippen LogP contribution in [0.15, 0.2) is 102 Å². The number of carbonyl (C=O) groups is 1. The van der Waals surface area contributed by atoms with Gasteiger partial charge in [-0.05, 0) is 62.5 Å². The Morgan fingerprint density at radius 2 is 1.47 bits per heavy atom. The Hall–Kier alpha value is -5.68. The normalized spacial score (nSPS) is 16.9. The number of hydrogen-bond acceptors (Lipinski definition) is 9. The molecule has 0 bridgehead atoms. The third-order valence-electron chi connectivity index (χ3n) is 8.94. The molecule has 3 N–H and O–H groups in total. The predicted octanol–water partition coefficient (Wildman–Crippen LogP) is 7.49. The van der Waals surface area contributed by atoms with Crippen LogP contribution >= 0.6 is 11.8 Å². The van der Waals surface area contributed by atoms with Gasteiger partial charge in [0.1, 0.15) is 11.3 Å². The van der Waals surface area contributed by atoms with E-state index in [1.54, 1.807) is 53.2 Å². The number of aliphatic hydroxyl groups excluding tert-OH is 1. The van der Waals surface area contributed by atoms with Crippen molar-refractivity contribution in [2.24, 2.45) is 0 Å². The minimum Gasteiger partial charge on any atom is -0.508 e. The molecule has 1 aromatic heterocycles. The van der Waals surface area contributed by atoms with Gasteiger partial charge >= 0.3 is 0 Å². The third-order valence-corrected chi connectivity index (χ3v) is 9.99. The Labute approximate surface area is 314 Å². The Bertz CT molecular complexity index is 2280. The molecule has 0 radical (unpaired) electrons. The number of amides is 1. The zero-order chi connectivity index (χ0) is 38.6. The number of thioether (sulfide) groups is 1. The van der Waals surface area contributed by atoms with Crippen LogP contribution < -0.4 is 5.32 Å². The summed E-state index contributed by atoms with van der Waals surface area (Å²) in [6.07, 6.45) is -0.977. The average molecular weight is 776 g/mol. The second-order valence-corrected chi connectivity index (χ2v) is 13.4. The lowest BCUT2D eigenvalue weighted by atomic mass is 9.97. The molecule has 1 saturated heterocycles. The highest BCUT2D eigenvalue weighted by atomic mass is 32.2. The van der Waals surface area contributed by atoms with Gasteiger partial charge in [0.2, 0.25) is 11.0 Å². The number of ether oxygens (including phenoxy) is 2. The maximum absolute atomic E-state index is 14.3. The molecule has 10 nitrogen and oxygen atoms in total. The van der Waals surface area contributed by atoms with Gasteiger partial charge in [-0.15, -0.1) is 5.10 Å². The number of nitrogens with one attached hydrogen (secondary N) is 1. The van der Waals surface area contributed by atoms with Gasteiger partial charge in [-0.25, -0.2) is 22.0 Å². The first kappa shape index (κ1) is 37.6. The van der Waals surface area contributed by atoms with E-state index in [0.29, 0.717) is 45.3 Å². The number of benzene rings is 5. The molecule has 55 heavy (non-hydrogen) atoms. The molecule has 1 amide bonds. The number of aromatic hydroxyl groups is 1. The molecule has 0 saturated carbocycles. The van der Waals surface area contributed by atoms with Gasteiger partial charge in [0.25, 0.3) is 5.91 Å². The maximum Gasteiger partial charge on any atom is 0.257 e. The molecule has 5 aromatic carbocycles. The lowest BCUT2D eigenvalue weighted by Crippen LogP contribution is -2.31. The molecule has 2 heterocycles. The van der Waals surface area contributed by atoms with Crippen LogP contribution in [0.3, 0.4) is 0 Å². The molecular formula is C39H30F5N5O5S. The fraction of sp³-hybridized carbons (Fsp3) is 0.179. The standard InChI is InChI=1S/C39H30F5N5O5S/c40-32-31(33(41)35(43)36(44)34(32)42)37(52)45-18-25-3-1-2-4-29(25)22-9-11-24(12-10-22)38-53-28(17-30(54-38)23-7-5-21(19-50)6-8-23)20-55-39-46-47-48-49(39)26-13-15-27(51)16-14-26/h1-16,28,30,38,50-51H,17-20H2,(H,45,52). The average Bonchev–Trinajstić information content (AvgIpc) is 3.70. The lowest BCUT2D eigenvalue weighted by Gasteiger charge is -2.36. The van der Waals surface area contributed by atoms with Crippen LogP contribution in [0.1, 0.15) is 51.4 Å². The second-order valence-electron chi connectivity index (χ2n) is 12.5. The monoisotopic (exact) mass is 775 g/mol. The van der Waals surface area contributed by atoms with E-state index in [0.717, 1.165) is 11.1 Å². The molecule has 0 aliphatic carbocycles. The van der Waals surface area contributed by atoms with E-state index in [-0.39, 0.29) is 31.1 Å². The van der Waals surface area contributed by atoms with E-state index in [2.05, 4.69) is 20.8 Å². The van der Waals surface area contributed by atoms with Crippen molar-refractivity contribution in [3.63, 3.8) is 0 Å². The molecule has 16 heteroatoms. The quantitative estimate of drug-likeness (QED) is 0.0531. The fourth-order valence-electron chi connectivity index (χ4n) is 6.06. The number of aromatic nitrogens is 4. The van der Waals surface area contributed by atoms with E-state index >= 15 is 0 Å². The first-order valence-corrected chi connectivity index (χ1v) is 17.8. The highest BCUT2D eigenvalue weighted by Gasteiger charge is 2.33. The van der Waals surface area contributed by atoms with Crippen molar-refractivity contribution in [1.82, 2.24) is 25.5 Å². The summed E-state index contributed by atoms with van der Waals surface area (Å²) in [5.41, 5.74) is 3.30. The summed E-state index contributed by atoms with van der Waals surface area (Å²) in [5, 5.41) is 34.1. The SMILES string of the molecule is O=C(NCc1ccccc1-c1ccc(C2OC(CSc3nnnn3-c3ccc(O)cc3)CC(c3ccc(CO)cc3)O2)cc1)c1c(F)c(F)c(F)c(F)c1F. The maximum atomic E-state index is 14.3. The van der Waals surface area contributed by atoms with Gasteiger partial charge in [-0.1, -0.05) is 84.6 Å². The van der Waals surface area contributed by atoms with E-state index in [9.17, 15) is 37.0 Å². The third kappa shape index (κ3) is 8.07. The molecule has 1 aliphatic heterocycles. The zero-order valence-corrected chi connectivity index (χ0v) is 29.3. The van der Waals surface area contributed by atoms with Gasteiger partial charge in [0.05, 0.1) is 24.5 Å². The summed E-state index contributed by atoms with van der Waals surface area (Å²) in [4.78, 5) is 12.6. The number of nitrogens with zero attached hydrogens (tertiary/aromatic N) is 4. The Kier molecular flexibility index (Phi) is 11.2. The number of phenolic OH excluding ortho intramolecular Hbond substituents is 1. The summed E-state index contributed by atoms with van der Waals surface area (Å²) >= 11 is 1.40. The number of halogens is 5. The molecule has 7 rings (SSSR count). The summed E-state index contributed by atoms with van der Waals surface area (Å²) in [7, 11) is 0. The van der Waals surface area contributed by atoms with Crippen molar-refractivity contribution in [2.45, 2.75) is 43.2 Å². The summed E-state index contributed by atoms with van der Waals surface area (Å²) < 4.78 is 84.0. The van der Waals surface area contributed by atoms with Gasteiger partial charge in [0.15, 0.2) is 29.6 Å². The number of phenols is 1. The first-order chi connectivity index (χ1) is 26.6. The minimum absolute atomic E-state index is 0.0975. The van der Waals surface area contributed by atoms with Gasteiger partial charge in [-0.3, -0.25) is 4.79 Å². The fourth-order valence-corrected chi connectivity index (χ4v) is 6.97. The smallest absolute Gasteiger partial charge is 0.257 e. The van der Waals surface area contributed by atoms with Crippen LogP contribution in [0.5, 0.6) is 5.75 Å². The van der Waals surface area contributed by atoms with Crippen molar-refractivity contribution < 1.29 is 46.4 Å². The van der Waals surface area contributed by atoms with E-state index in [4.69, 9.17) is 9.47 Å². The van der Waals surface area contributed by atoms with Crippen LogP contribution in [0.2, 0.25) is 0 Å². The van der Waals surface area contributed by atoms with Crippen molar-refractivity contribution in [3.05, 3.63) is 154 Å². The van der Waals surface area contributed by atoms with Crippen molar-refractivity contribution in [1.29, 1.82) is 0 Å². The van der Waals surface area contributed by atoms with Crippen LogP contribution in [-0.2, 0) is 22.6 Å². The second kappa shape index (κ2) is 16.4. The number of carbonyl (C=O) groups excluding carboxylic acids is 1. The van der Waals surface area contributed by atoms with E-state index < -0.39 is 46.8 Å². The van der Waals surface area contributed by atoms with Crippen molar-refractivity contribution in [2.75, 3.05) is 5.75 Å². The van der Waals surface area contributed by atoms with Crippen LogP contribution in [-0.4, -0.2) is 48.2 Å². The topological polar surface area (TPSA) is 132 Å². The van der Waals surface area contributed by atoms with E-state index in [1.807, 2.05) is 48.5 Å². The highest BCUT2D eigenvalue weighted by molar-refractivity contribution is 7.99. The molecule has 3 unspecified atom stereocenters. The predicted molar refractivity (Wildman–Crippen MR) is 189 cm³/mol. The Balaban J connectivity index is 1.09. The molecule has 3 atom stereocenters. The minimum atomic E-state index is -2.35. The number of hydrogen-bond donors (Lipinski definition) is 3. The molecule has 1 aliphatic rings. The molecular weight excluding hydrogens is 746 g/mol. The summed E-state index contributed by atoms with van der Waals surface area (Å²) in [6.45, 7) is -0.378. The highest BCUT2D eigenvalue weighted by Crippen LogP contribution is 2.40. The van der Waals surface area contributed by atoms with E-state index in [1.165, 1.54) is 11.8 Å². The zero-order valence-electron chi connectivity index (χ0n) is 28.5. The van der Waals surface area contributed by atoms with Crippen molar-refractivity contribution in [3.8, 4) is 22.6 Å². The summed E-state index contributed by atoms with van der Waals surface area (Å²) in [5.74, 6) is -12.1. The lowest BCUT2D eigenvalue weighted by molar-refractivity contribution is -0.245. The van der Waals surface area contributed by atoms with Crippen LogP contribution in [0.4, 0.5) is 22.0 Å². The van der Waals surface area contributed by atoms with Crippen LogP contribution in [0.25, 0.3) is 16.8 Å². The van der Waals surface area contributed by atoms with Crippen LogP contribution in [0, 0.1) is 29.1 Å². The van der Waals surface area contributed by atoms with Gasteiger partial charge in [-0.2, -0.15) is 4.68 Å². The molecule has 1 fully saturated rings. The van der Waals surface area contributed by atoms with Crippen molar-refractivity contribution >= 4 is 17.7 Å². The van der Waals surface area contributed by atoms with Gasteiger partial charge in [0, 0.05) is 24.3 Å². The molecule has 6 aromatic rings. The summed E-state index contributed by atoms with van der Waals surface area (Å²) in [6, 6.07) is 28.0. The number of tetrazole rings is 1.